The summed E-state index contributed by atoms with van der Waals surface area (Å²) in [7, 11) is 1.47. The van der Waals surface area contributed by atoms with E-state index in [0.717, 1.165) is 11.9 Å². The predicted octanol–water partition coefficient (Wildman–Crippen LogP) is 5.33. The number of nitrogens with two attached hydrogens (primary N) is 1. The average Bonchev–Trinajstić information content (AvgIpc) is 2.73. The Morgan fingerprint density at radius 1 is 1.10 bits per heavy atom. The van der Waals surface area contributed by atoms with Gasteiger partial charge in [-0.1, -0.05) is 17.7 Å². The quantitative estimate of drug-likeness (QED) is 0.401. The van der Waals surface area contributed by atoms with E-state index in [0.29, 0.717) is 32.3 Å². The van der Waals surface area contributed by atoms with E-state index in [1.807, 2.05) is 0 Å². The highest BCUT2D eigenvalue weighted by molar-refractivity contribution is 8.00. The molecule has 0 saturated heterocycles. The van der Waals surface area contributed by atoms with Crippen LogP contribution >= 0.6 is 23.5 Å². The molecule has 0 spiro atoms. The summed E-state index contributed by atoms with van der Waals surface area (Å²) in [6.45, 7) is 0. The minimum Gasteiger partial charge on any atom is -0.480 e. The van der Waals surface area contributed by atoms with Gasteiger partial charge in [-0.25, -0.2) is 23.7 Å². The van der Waals surface area contributed by atoms with Crippen molar-refractivity contribution in [3.05, 3.63) is 65.4 Å². The molecular weight excluding hydrogens is 432 g/mol. The fourth-order valence-corrected chi connectivity index (χ4v) is 3.85. The van der Waals surface area contributed by atoms with E-state index in [-0.39, 0.29) is 17.2 Å². The summed E-state index contributed by atoms with van der Waals surface area (Å²) < 4.78 is 37.8. The summed E-state index contributed by atoms with van der Waals surface area (Å²) in [5.41, 5.74) is 6.43. The normalized spacial score (nSPS) is 10.9. The number of hydrogen-bond acceptors (Lipinski definition) is 7. The van der Waals surface area contributed by atoms with Crippen LogP contribution in [0.2, 0.25) is 5.02 Å². The molecule has 4 rings (SSSR count). The lowest BCUT2D eigenvalue weighted by Crippen LogP contribution is -1.99. The molecule has 0 radical (unpaired) electrons. The number of nitrogens with one attached hydrogen (secondary N) is 1. The minimum atomic E-state index is -0.743. The van der Waals surface area contributed by atoms with Crippen molar-refractivity contribution in [3.8, 4) is 17.0 Å². The van der Waals surface area contributed by atoms with Gasteiger partial charge in [-0.2, -0.15) is 0 Å². The van der Waals surface area contributed by atoms with Crippen LogP contribution in [0.1, 0.15) is 0 Å². The maximum Gasteiger partial charge on any atom is 0.228 e. The highest BCUT2D eigenvalue weighted by Crippen LogP contribution is 2.36. The molecule has 2 heterocycles. The van der Waals surface area contributed by atoms with Gasteiger partial charge in [-0.3, -0.25) is 0 Å². The molecule has 0 bridgehead atoms. The van der Waals surface area contributed by atoms with Crippen molar-refractivity contribution in [3.63, 3.8) is 0 Å². The second-order valence-corrected chi connectivity index (χ2v) is 7.44. The largest absolute Gasteiger partial charge is 0.480 e. The van der Waals surface area contributed by atoms with Crippen LogP contribution in [0.4, 0.5) is 20.4 Å². The zero-order valence-corrected chi connectivity index (χ0v) is 17.1. The lowest BCUT2D eigenvalue weighted by atomic mass is 10.0. The Labute approximate surface area is 179 Å². The van der Waals surface area contributed by atoms with Crippen LogP contribution in [0.5, 0.6) is 5.88 Å². The maximum atomic E-state index is 15.2. The van der Waals surface area contributed by atoms with Crippen LogP contribution in [-0.2, 0) is 0 Å². The number of benzene rings is 2. The molecule has 152 valence electrons. The molecule has 10 heteroatoms. The van der Waals surface area contributed by atoms with E-state index >= 15 is 4.39 Å². The number of aromatic nitrogens is 3. The Morgan fingerprint density at radius 2 is 1.93 bits per heavy atom. The average molecular weight is 446 g/mol. The van der Waals surface area contributed by atoms with Crippen LogP contribution < -0.4 is 15.2 Å². The maximum absolute atomic E-state index is 15.2. The number of anilines is 2. The number of ether oxygens (including phenoxy) is 1. The predicted molar refractivity (Wildman–Crippen MR) is 115 cm³/mol. The van der Waals surface area contributed by atoms with Crippen molar-refractivity contribution in [1.29, 1.82) is 0 Å². The number of nitrogen functional groups attached to an aromatic ring is 1. The van der Waals surface area contributed by atoms with E-state index in [1.165, 1.54) is 31.6 Å². The first kappa shape index (κ1) is 20.1. The van der Waals surface area contributed by atoms with Crippen molar-refractivity contribution >= 4 is 46.1 Å². The number of halogens is 3. The Balaban J connectivity index is 1.69. The van der Waals surface area contributed by atoms with Gasteiger partial charge in [0.25, 0.3) is 0 Å². The molecule has 3 N–H and O–H groups in total. The van der Waals surface area contributed by atoms with E-state index in [1.54, 1.807) is 24.3 Å². The van der Waals surface area contributed by atoms with Gasteiger partial charge in [0, 0.05) is 17.8 Å². The molecule has 0 aliphatic heterocycles. The van der Waals surface area contributed by atoms with Crippen LogP contribution in [0.25, 0.3) is 22.0 Å². The molecule has 0 unspecified atom stereocenters. The summed E-state index contributed by atoms with van der Waals surface area (Å²) in [5, 5.41) is 1.02. The van der Waals surface area contributed by atoms with E-state index in [9.17, 15) is 4.39 Å². The topological polar surface area (TPSA) is 86.0 Å². The zero-order valence-electron chi connectivity index (χ0n) is 15.5. The highest BCUT2D eigenvalue weighted by Gasteiger charge is 2.17. The molecule has 0 saturated carbocycles. The zero-order chi connectivity index (χ0) is 21.3. The number of rotatable bonds is 5. The third-order valence-electron chi connectivity index (χ3n) is 4.23. The summed E-state index contributed by atoms with van der Waals surface area (Å²) in [5.74, 6) is -0.983. The number of nitrogens with zero attached hydrogens (tertiary/aromatic N) is 3. The lowest BCUT2D eigenvalue weighted by Gasteiger charge is -2.13. The Hall–Kier alpha value is -3.17. The smallest absolute Gasteiger partial charge is 0.228 e. The molecule has 0 amide bonds. The van der Waals surface area contributed by atoms with E-state index in [4.69, 9.17) is 22.1 Å². The van der Waals surface area contributed by atoms with Crippen molar-refractivity contribution in [1.82, 2.24) is 15.0 Å². The summed E-state index contributed by atoms with van der Waals surface area (Å²) in [6.07, 6.45) is 2.95. The number of methoxy groups -OCH3 is 1. The molecule has 6 nitrogen and oxygen atoms in total. The summed E-state index contributed by atoms with van der Waals surface area (Å²) in [4.78, 5) is 12.6. The third-order valence-corrected chi connectivity index (χ3v) is 5.27. The van der Waals surface area contributed by atoms with Crippen molar-refractivity contribution in [2.75, 3.05) is 17.6 Å². The standard InChI is InChI=1S/C20H14ClF2N5OS/c1-29-19-16(7-12(21)9-25-19)30-28-15-5-3-13(22)17(18(15)23)10-2-4-14-11(6-10)8-26-20(24)27-14/h2-9,28H,1H3,(H2,24,26,27). The first-order valence-electron chi connectivity index (χ1n) is 8.59. The van der Waals surface area contributed by atoms with Gasteiger partial charge in [-0.15, -0.1) is 0 Å². The molecule has 0 aliphatic carbocycles. The van der Waals surface area contributed by atoms with Crippen LogP contribution in [0.3, 0.4) is 0 Å². The number of fused-ring (bicyclic) bond motifs is 1. The minimum absolute atomic E-state index is 0.0899. The van der Waals surface area contributed by atoms with Gasteiger partial charge in [0.1, 0.15) is 5.82 Å². The molecule has 2 aromatic carbocycles. The lowest BCUT2D eigenvalue weighted by molar-refractivity contribution is 0.387. The second kappa shape index (κ2) is 8.29. The molecule has 0 fully saturated rings. The molecule has 30 heavy (non-hydrogen) atoms. The van der Waals surface area contributed by atoms with E-state index < -0.39 is 11.6 Å². The molecule has 0 atom stereocenters. The fraction of sp³-hybridized carbons (Fsp3) is 0.0500. The molecular formula is C20H14ClF2N5OS. The van der Waals surface area contributed by atoms with Crippen molar-refractivity contribution in [2.24, 2.45) is 0 Å². The van der Waals surface area contributed by atoms with Gasteiger partial charge >= 0.3 is 0 Å². The highest BCUT2D eigenvalue weighted by atomic mass is 35.5. The van der Waals surface area contributed by atoms with Gasteiger partial charge in [0.2, 0.25) is 11.8 Å². The number of pyridine rings is 1. The monoisotopic (exact) mass is 445 g/mol. The summed E-state index contributed by atoms with van der Waals surface area (Å²) >= 11 is 7.02. The van der Waals surface area contributed by atoms with Crippen LogP contribution in [0, 0.1) is 11.6 Å². The van der Waals surface area contributed by atoms with Crippen molar-refractivity contribution in [2.45, 2.75) is 4.90 Å². The van der Waals surface area contributed by atoms with Crippen LogP contribution in [-0.4, -0.2) is 22.1 Å². The SMILES string of the molecule is COc1ncc(Cl)cc1SNc1ccc(F)c(-c2ccc3nc(N)ncc3c2)c1F. The van der Waals surface area contributed by atoms with Gasteiger partial charge in [0.05, 0.1) is 33.8 Å². The Morgan fingerprint density at radius 3 is 2.73 bits per heavy atom. The van der Waals surface area contributed by atoms with Crippen molar-refractivity contribution < 1.29 is 13.5 Å². The van der Waals surface area contributed by atoms with E-state index in [2.05, 4.69) is 19.7 Å². The van der Waals surface area contributed by atoms with Gasteiger partial charge in [0.15, 0.2) is 5.82 Å². The van der Waals surface area contributed by atoms with Crippen LogP contribution in [0.15, 0.2) is 53.7 Å². The van der Waals surface area contributed by atoms with Gasteiger partial charge in [-0.05, 0) is 47.8 Å². The molecule has 2 aromatic heterocycles. The molecule has 0 aliphatic rings. The van der Waals surface area contributed by atoms with Gasteiger partial charge < -0.3 is 15.2 Å². The number of hydrogen-bond donors (Lipinski definition) is 2. The summed E-state index contributed by atoms with van der Waals surface area (Å²) in [6, 6.07) is 8.96. The second-order valence-electron chi connectivity index (χ2n) is 6.15. The Kier molecular flexibility index (Phi) is 5.56. The fourth-order valence-electron chi connectivity index (χ4n) is 2.84. The Bertz CT molecular complexity index is 1260. The third kappa shape index (κ3) is 3.94. The molecule has 4 aromatic rings. The first-order chi connectivity index (χ1) is 14.5. The first-order valence-corrected chi connectivity index (χ1v) is 9.78.